The molecule has 0 radical (unpaired) electrons. The third-order valence-electron chi connectivity index (χ3n) is 4.72. The van der Waals surface area contributed by atoms with Crippen molar-refractivity contribution in [1.82, 2.24) is 4.90 Å². The first-order valence-corrected chi connectivity index (χ1v) is 7.85. The van der Waals surface area contributed by atoms with Gasteiger partial charge in [0.1, 0.15) is 0 Å². The van der Waals surface area contributed by atoms with Gasteiger partial charge in [0.05, 0.1) is 30.0 Å². The van der Waals surface area contributed by atoms with E-state index in [1.165, 1.54) is 18.2 Å². The van der Waals surface area contributed by atoms with E-state index in [-0.39, 0.29) is 31.4 Å². The van der Waals surface area contributed by atoms with Crippen molar-refractivity contribution in [1.29, 1.82) is 0 Å². The van der Waals surface area contributed by atoms with Crippen LogP contribution < -0.4 is 4.90 Å². The Bertz CT molecular complexity index is 623. The number of nitrogens with zero attached hydrogens (tertiary/aromatic N) is 2. The van der Waals surface area contributed by atoms with Crippen molar-refractivity contribution in [3.63, 3.8) is 0 Å². The van der Waals surface area contributed by atoms with E-state index in [0.29, 0.717) is 12.8 Å². The molecule has 3 rings (SSSR count). The summed E-state index contributed by atoms with van der Waals surface area (Å²) in [5.41, 5.74) is -0.975. The molecule has 1 aromatic carbocycles. The second-order valence-corrected chi connectivity index (χ2v) is 6.23. The fourth-order valence-corrected chi connectivity index (χ4v) is 3.64. The zero-order valence-electron chi connectivity index (χ0n) is 12.9. The molecule has 0 aliphatic carbocycles. The number of carbonyl (C=O) groups is 1. The number of aliphatic hydroxyl groups is 2. The van der Waals surface area contributed by atoms with Gasteiger partial charge in [0, 0.05) is 19.1 Å². The van der Waals surface area contributed by atoms with Crippen LogP contribution in [0.2, 0.25) is 0 Å². The Kier molecular flexibility index (Phi) is 4.54. The van der Waals surface area contributed by atoms with E-state index in [2.05, 4.69) is 0 Å². The molecule has 0 bridgehead atoms. The van der Waals surface area contributed by atoms with E-state index in [4.69, 9.17) is 0 Å². The molecule has 2 heterocycles. The average molecular weight is 344 g/mol. The average Bonchev–Trinajstić information content (AvgIpc) is 3.08. The first-order valence-electron chi connectivity index (χ1n) is 7.85. The van der Waals surface area contributed by atoms with Crippen LogP contribution in [0.25, 0.3) is 0 Å². The van der Waals surface area contributed by atoms with E-state index in [0.717, 1.165) is 11.0 Å². The summed E-state index contributed by atoms with van der Waals surface area (Å²) in [7, 11) is 0. The molecular formula is C16H19F3N2O3. The van der Waals surface area contributed by atoms with Gasteiger partial charge in [-0.15, -0.1) is 0 Å². The second kappa shape index (κ2) is 6.34. The first kappa shape index (κ1) is 17.2. The molecule has 1 unspecified atom stereocenters. The number of anilines is 1. The van der Waals surface area contributed by atoms with Crippen molar-refractivity contribution in [2.75, 3.05) is 24.6 Å². The lowest BCUT2D eigenvalue weighted by molar-refractivity contribution is -0.137. The molecule has 2 fully saturated rings. The Labute approximate surface area is 137 Å². The molecular weight excluding hydrogens is 325 g/mol. The highest BCUT2D eigenvalue weighted by Crippen LogP contribution is 2.38. The van der Waals surface area contributed by atoms with E-state index in [1.807, 2.05) is 0 Å². The molecule has 8 heteroatoms. The van der Waals surface area contributed by atoms with E-state index >= 15 is 0 Å². The monoisotopic (exact) mass is 344 g/mol. The van der Waals surface area contributed by atoms with Crippen LogP contribution in [-0.4, -0.2) is 58.9 Å². The molecule has 2 N–H and O–H groups in total. The number of halogens is 3. The summed E-state index contributed by atoms with van der Waals surface area (Å²) < 4.78 is 39.5. The maximum absolute atomic E-state index is 13.2. The Morgan fingerprint density at radius 3 is 2.62 bits per heavy atom. The summed E-state index contributed by atoms with van der Waals surface area (Å²) in [6.45, 7) is 0.234. The highest BCUT2D eigenvalue weighted by Gasteiger charge is 2.45. The van der Waals surface area contributed by atoms with Crippen molar-refractivity contribution < 1.29 is 28.2 Å². The van der Waals surface area contributed by atoms with Crippen molar-refractivity contribution in [3.05, 3.63) is 29.8 Å². The minimum absolute atomic E-state index is 0.141. The van der Waals surface area contributed by atoms with Crippen LogP contribution in [-0.2, 0) is 11.0 Å². The van der Waals surface area contributed by atoms with Crippen molar-refractivity contribution in [3.8, 4) is 0 Å². The third kappa shape index (κ3) is 3.01. The quantitative estimate of drug-likeness (QED) is 0.866. The van der Waals surface area contributed by atoms with Gasteiger partial charge in [0.15, 0.2) is 0 Å². The van der Waals surface area contributed by atoms with Crippen LogP contribution in [0.15, 0.2) is 24.3 Å². The summed E-state index contributed by atoms with van der Waals surface area (Å²) in [4.78, 5) is 15.6. The number of alkyl halides is 3. The summed E-state index contributed by atoms with van der Waals surface area (Å²) >= 11 is 0. The minimum Gasteiger partial charge on any atom is -0.395 e. The van der Waals surface area contributed by atoms with Gasteiger partial charge >= 0.3 is 6.18 Å². The fourth-order valence-electron chi connectivity index (χ4n) is 3.64. The number of aliphatic hydroxyl groups excluding tert-OH is 2. The number of likely N-dealkylation sites (tertiary alicyclic amines) is 1. The zero-order valence-corrected chi connectivity index (χ0v) is 12.9. The van der Waals surface area contributed by atoms with Gasteiger partial charge in [0.2, 0.25) is 5.91 Å². The van der Waals surface area contributed by atoms with E-state index in [9.17, 15) is 28.2 Å². The lowest BCUT2D eigenvalue weighted by atomic mass is 10.1. The van der Waals surface area contributed by atoms with Gasteiger partial charge in [-0.05, 0) is 25.0 Å². The van der Waals surface area contributed by atoms with Gasteiger partial charge < -0.3 is 15.1 Å². The Morgan fingerprint density at radius 1 is 1.25 bits per heavy atom. The standard InChI is InChI=1S/C16H19F3N2O3/c17-16(18,19)12-3-1-2-4-13(12)20-6-5-14(15(20)24)21-8-11(23)7-10(21)9-22/h1-4,10-11,14,22-23H,5-9H2/t10-,11-,14?/m0/s1. The van der Waals surface area contributed by atoms with Crippen molar-refractivity contribution >= 4 is 11.6 Å². The first-order chi connectivity index (χ1) is 11.3. The number of para-hydroxylation sites is 1. The number of β-amino-alcohol motifs (C(OH)–C–C–N with tert-alkyl or cyclic N) is 1. The van der Waals surface area contributed by atoms with Crippen molar-refractivity contribution in [2.45, 2.75) is 37.2 Å². The van der Waals surface area contributed by atoms with Crippen LogP contribution in [0.1, 0.15) is 18.4 Å². The molecule has 1 amide bonds. The SMILES string of the molecule is O=C1C(N2C[C@@H](O)C[C@H]2CO)CCN1c1ccccc1C(F)(F)F. The lowest BCUT2D eigenvalue weighted by Gasteiger charge is -2.28. The predicted molar refractivity (Wildman–Crippen MR) is 80.4 cm³/mol. The molecule has 0 aromatic heterocycles. The van der Waals surface area contributed by atoms with Gasteiger partial charge in [-0.2, -0.15) is 13.2 Å². The number of hydrogen-bond donors (Lipinski definition) is 2. The molecule has 3 atom stereocenters. The van der Waals surface area contributed by atoms with Crippen LogP contribution >= 0.6 is 0 Å². The molecule has 0 spiro atoms. The molecule has 0 saturated carbocycles. The maximum Gasteiger partial charge on any atom is 0.418 e. The Balaban J connectivity index is 1.85. The summed E-state index contributed by atoms with van der Waals surface area (Å²) in [6.07, 6.45) is -4.44. The van der Waals surface area contributed by atoms with Gasteiger partial charge in [0.25, 0.3) is 0 Å². The Morgan fingerprint density at radius 2 is 1.96 bits per heavy atom. The smallest absolute Gasteiger partial charge is 0.395 e. The predicted octanol–water partition coefficient (Wildman–Crippen LogP) is 1.24. The number of hydrogen-bond acceptors (Lipinski definition) is 4. The van der Waals surface area contributed by atoms with Gasteiger partial charge in [-0.25, -0.2) is 0 Å². The second-order valence-electron chi connectivity index (χ2n) is 6.23. The topological polar surface area (TPSA) is 64.0 Å². The zero-order chi connectivity index (χ0) is 17.5. The van der Waals surface area contributed by atoms with Crippen LogP contribution in [0.5, 0.6) is 0 Å². The van der Waals surface area contributed by atoms with Crippen LogP contribution in [0, 0.1) is 0 Å². The molecule has 132 valence electrons. The van der Waals surface area contributed by atoms with Gasteiger partial charge in [-0.3, -0.25) is 9.69 Å². The maximum atomic E-state index is 13.2. The highest BCUT2D eigenvalue weighted by atomic mass is 19.4. The summed E-state index contributed by atoms with van der Waals surface area (Å²) in [6, 6.07) is 4.08. The molecule has 1 aromatic rings. The number of carbonyl (C=O) groups excluding carboxylic acids is 1. The van der Waals surface area contributed by atoms with E-state index in [1.54, 1.807) is 4.90 Å². The Hall–Kier alpha value is -1.64. The molecule has 2 aliphatic heterocycles. The summed E-state index contributed by atoms with van der Waals surface area (Å²) in [5.74, 6) is -0.417. The minimum atomic E-state index is -4.54. The lowest BCUT2D eigenvalue weighted by Crippen LogP contribution is -2.46. The summed E-state index contributed by atoms with van der Waals surface area (Å²) in [5, 5.41) is 19.2. The van der Waals surface area contributed by atoms with Crippen LogP contribution in [0.3, 0.4) is 0 Å². The van der Waals surface area contributed by atoms with Gasteiger partial charge in [-0.1, -0.05) is 12.1 Å². The van der Waals surface area contributed by atoms with Crippen LogP contribution in [0.4, 0.5) is 18.9 Å². The fraction of sp³-hybridized carbons (Fsp3) is 0.562. The highest BCUT2D eigenvalue weighted by molar-refractivity contribution is 6.00. The number of benzene rings is 1. The van der Waals surface area contributed by atoms with Crippen molar-refractivity contribution in [2.24, 2.45) is 0 Å². The molecule has 2 saturated heterocycles. The molecule has 2 aliphatic rings. The normalized spacial score (nSPS) is 28.8. The van der Waals surface area contributed by atoms with E-state index < -0.39 is 29.8 Å². The largest absolute Gasteiger partial charge is 0.418 e. The molecule has 5 nitrogen and oxygen atoms in total. The molecule has 24 heavy (non-hydrogen) atoms. The third-order valence-corrected chi connectivity index (χ3v) is 4.72. The number of rotatable bonds is 3. The number of amides is 1.